The number of piperidine rings is 1. The van der Waals surface area contributed by atoms with Crippen LogP contribution in [0.1, 0.15) is 61.8 Å². The Morgan fingerprint density at radius 3 is 2.30 bits per heavy atom. The molecule has 3 heteroatoms. The predicted molar refractivity (Wildman–Crippen MR) is 94.6 cm³/mol. The van der Waals surface area contributed by atoms with Gasteiger partial charge in [-0.3, -0.25) is 0 Å². The number of rotatable bonds is 2. The number of benzene rings is 1. The van der Waals surface area contributed by atoms with E-state index in [9.17, 15) is 5.11 Å². The molecule has 2 aliphatic heterocycles. The van der Waals surface area contributed by atoms with Crippen molar-refractivity contribution in [2.24, 2.45) is 5.92 Å². The van der Waals surface area contributed by atoms with E-state index in [4.69, 9.17) is 4.74 Å². The number of likely N-dealkylation sites (tertiary alicyclic amines) is 1. The second-order valence-corrected chi connectivity index (χ2v) is 8.21. The maximum atomic E-state index is 10.5. The van der Waals surface area contributed by atoms with Crippen LogP contribution in [0.25, 0.3) is 0 Å². The topological polar surface area (TPSA) is 32.7 Å². The van der Waals surface area contributed by atoms with Gasteiger partial charge in [-0.2, -0.15) is 0 Å². The van der Waals surface area contributed by atoms with E-state index in [1.165, 1.54) is 31.5 Å². The Kier molecular flexibility index (Phi) is 4.12. The molecule has 0 saturated carbocycles. The maximum Gasteiger partial charge on any atom is 0.127 e. The van der Waals surface area contributed by atoms with Gasteiger partial charge in [0.1, 0.15) is 17.1 Å². The van der Waals surface area contributed by atoms with Crippen LogP contribution in [0.4, 0.5) is 0 Å². The van der Waals surface area contributed by atoms with Gasteiger partial charge in [0, 0.05) is 18.0 Å². The van der Waals surface area contributed by atoms with E-state index in [2.05, 4.69) is 32.6 Å². The lowest BCUT2D eigenvalue weighted by atomic mass is 9.82. The fourth-order valence-electron chi connectivity index (χ4n) is 4.18. The van der Waals surface area contributed by atoms with Crippen molar-refractivity contribution in [1.29, 1.82) is 0 Å². The molecule has 0 bridgehead atoms. The van der Waals surface area contributed by atoms with Crippen LogP contribution >= 0.6 is 0 Å². The van der Waals surface area contributed by atoms with Crippen LogP contribution < -0.4 is 4.74 Å². The highest BCUT2D eigenvalue weighted by Crippen LogP contribution is 2.51. The zero-order valence-electron chi connectivity index (χ0n) is 15.5. The molecule has 1 aromatic carbocycles. The first-order valence-electron chi connectivity index (χ1n) is 8.96. The molecule has 0 aromatic heterocycles. The number of phenolic OH excluding ortho intramolecular Hbond substituents is 1. The highest BCUT2D eigenvalue weighted by atomic mass is 16.5. The molecular formula is C20H31NO2. The summed E-state index contributed by atoms with van der Waals surface area (Å²) < 4.78 is 6.38. The van der Waals surface area contributed by atoms with E-state index in [1.807, 2.05) is 13.8 Å². The average Bonchev–Trinajstić information content (AvgIpc) is 2.77. The van der Waals surface area contributed by atoms with Gasteiger partial charge in [0.15, 0.2) is 0 Å². The molecule has 0 aliphatic carbocycles. The molecule has 2 heterocycles. The fraction of sp³-hybridized carbons (Fsp3) is 0.700. The van der Waals surface area contributed by atoms with Crippen molar-refractivity contribution in [1.82, 2.24) is 4.90 Å². The second kappa shape index (κ2) is 5.70. The maximum absolute atomic E-state index is 10.5. The normalized spacial score (nSPS) is 24.5. The zero-order valence-corrected chi connectivity index (χ0v) is 15.5. The third kappa shape index (κ3) is 2.73. The van der Waals surface area contributed by atoms with E-state index < -0.39 is 0 Å². The summed E-state index contributed by atoms with van der Waals surface area (Å²) in [6.07, 6.45) is 2.58. The lowest BCUT2D eigenvalue weighted by Gasteiger charge is -2.35. The largest absolute Gasteiger partial charge is 0.507 e. The highest BCUT2D eigenvalue weighted by molar-refractivity contribution is 5.61. The Labute approximate surface area is 140 Å². The van der Waals surface area contributed by atoms with Crippen molar-refractivity contribution in [3.8, 4) is 11.5 Å². The van der Waals surface area contributed by atoms with E-state index in [1.54, 1.807) is 0 Å². The highest BCUT2D eigenvalue weighted by Gasteiger charge is 2.44. The van der Waals surface area contributed by atoms with Crippen LogP contribution in [-0.4, -0.2) is 35.2 Å². The lowest BCUT2D eigenvalue weighted by Crippen LogP contribution is -2.42. The minimum atomic E-state index is -0.221. The number of phenols is 1. The van der Waals surface area contributed by atoms with Crippen LogP contribution in [0.2, 0.25) is 0 Å². The molecule has 1 atom stereocenters. The third-order valence-corrected chi connectivity index (χ3v) is 6.13. The van der Waals surface area contributed by atoms with Gasteiger partial charge in [-0.15, -0.1) is 0 Å². The lowest BCUT2D eigenvalue weighted by molar-refractivity contribution is 0.0800. The number of fused-ring (bicyclic) bond motifs is 1. The molecule has 0 radical (unpaired) electrons. The molecule has 1 N–H and O–H groups in total. The van der Waals surface area contributed by atoms with Gasteiger partial charge in [-0.05, 0) is 83.2 Å². The average molecular weight is 317 g/mol. The molecule has 0 unspecified atom stereocenters. The van der Waals surface area contributed by atoms with Crippen molar-refractivity contribution >= 4 is 0 Å². The minimum Gasteiger partial charge on any atom is -0.507 e. The molecule has 0 amide bonds. The fourth-order valence-corrected chi connectivity index (χ4v) is 4.18. The van der Waals surface area contributed by atoms with Crippen molar-refractivity contribution < 1.29 is 9.84 Å². The van der Waals surface area contributed by atoms with Crippen molar-refractivity contribution in [2.75, 3.05) is 19.6 Å². The van der Waals surface area contributed by atoms with Gasteiger partial charge in [0.05, 0.1) is 0 Å². The molecule has 0 spiro atoms. The molecular weight excluding hydrogens is 286 g/mol. The van der Waals surface area contributed by atoms with Crippen LogP contribution in [-0.2, 0) is 0 Å². The summed E-state index contributed by atoms with van der Waals surface area (Å²) in [4.78, 5) is 2.58. The Balaban J connectivity index is 1.96. The number of aromatic hydroxyl groups is 1. The van der Waals surface area contributed by atoms with Crippen molar-refractivity contribution in [3.63, 3.8) is 0 Å². The Morgan fingerprint density at radius 1 is 1.09 bits per heavy atom. The molecule has 1 saturated heterocycles. The summed E-state index contributed by atoms with van der Waals surface area (Å²) in [7, 11) is 0. The summed E-state index contributed by atoms with van der Waals surface area (Å²) >= 11 is 0. The molecule has 1 fully saturated rings. The van der Waals surface area contributed by atoms with Gasteiger partial charge in [-0.25, -0.2) is 0 Å². The smallest absolute Gasteiger partial charge is 0.127 e. The molecule has 2 aliphatic rings. The number of ether oxygens (including phenoxy) is 1. The predicted octanol–water partition coefficient (Wildman–Crippen LogP) is 4.30. The second-order valence-electron chi connectivity index (χ2n) is 8.21. The van der Waals surface area contributed by atoms with E-state index >= 15 is 0 Å². The molecule has 3 nitrogen and oxygen atoms in total. The SMILES string of the molecule is Cc1c(C)c2c(c(C)c1O)[C@H](CN1CCC(C)CC1)C(C)(C)O2. The first-order valence-corrected chi connectivity index (χ1v) is 8.96. The van der Waals surface area contributed by atoms with Crippen molar-refractivity contribution in [3.05, 3.63) is 22.3 Å². The first-order chi connectivity index (χ1) is 10.7. The molecule has 1 aromatic rings. The molecule has 3 rings (SSSR count). The molecule has 128 valence electrons. The van der Waals surface area contributed by atoms with E-state index in [0.717, 1.165) is 34.9 Å². The third-order valence-electron chi connectivity index (χ3n) is 6.13. The van der Waals surface area contributed by atoms with Gasteiger partial charge in [-0.1, -0.05) is 6.92 Å². The van der Waals surface area contributed by atoms with Gasteiger partial charge < -0.3 is 14.7 Å². The van der Waals surface area contributed by atoms with Crippen LogP contribution in [0, 0.1) is 26.7 Å². The Morgan fingerprint density at radius 2 is 1.70 bits per heavy atom. The summed E-state index contributed by atoms with van der Waals surface area (Å²) in [5, 5.41) is 10.5. The van der Waals surface area contributed by atoms with Gasteiger partial charge >= 0.3 is 0 Å². The number of hydrogen-bond donors (Lipinski definition) is 1. The van der Waals surface area contributed by atoms with Crippen LogP contribution in [0.5, 0.6) is 11.5 Å². The number of hydrogen-bond acceptors (Lipinski definition) is 3. The summed E-state index contributed by atoms with van der Waals surface area (Å²) in [6.45, 7) is 16.2. The zero-order chi connectivity index (χ0) is 16.9. The quantitative estimate of drug-likeness (QED) is 0.882. The monoisotopic (exact) mass is 317 g/mol. The van der Waals surface area contributed by atoms with Crippen LogP contribution in [0.15, 0.2) is 0 Å². The Bertz CT molecular complexity index is 613. The number of nitrogens with zero attached hydrogens (tertiary/aromatic N) is 1. The van der Waals surface area contributed by atoms with Gasteiger partial charge in [0.25, 0.3) is 0 Å². The van der Waals surface area contributed by atoms with Gasteiger partial charge in [0.2, 0.25) is 0 Å². The molecule has 23 heavy (non-hydrogen) atoms. The first kappa shape index (κ1) is 16.6. The Hall–Kier alpha value is -1.22. The van der Waals surface area contributed by atoms with Crippen molar-refractivity contribution in [2.45, 2.75) is 65.9 Å². The van der Waals surface area contributed by atoms with Crippen LogP contribution in [0.3, 0.4) is 0 Å². The minimum absolute atomic E-state index is 0.221. The standard InChI is InChI=1S/C20H31NO2/c1-12-7-9-21(10-8-12)11-16-17-15(4)18(22)13(2)14(3)19(17)23-20(16,5)6/h12,16,22H,7-11H2,1-6H3/t16-/m0/s1. The van der Waals surface area contributed by atoms with E-state index in [0.29, 0.717) is 11.7 Å². The summed E-state index contributed by atoms with van der Waals surface area (Å²) in [5.74, 6) is 2.62. The van der Waals surface area contributed by atoms with E-state index in [-0.39, 0.29) is 5.60 Å². The summed E-state index contributed by atoms with van der Waals surface area (Å²) in [5.41, 5.74) is 4.05. The summed E-state index contributed by atoms with van der Waals surface area (Å²) in [6, 6.07) is 0.